The lowest BCUT2D eigenvalue weighted by atomic mass is 10.1. The molecule has 0 heterocycles. The fourth-order valence-corrected chi connectivity index (χ4v) is 5.67. The third kappa shape index (κ3) is 7.15. The fourth-order valence-electron chi connectivity index (χ4n) is 4.43. The van der Waals surface area contributed by atoms with Gasteiger partial charge in [0.1, 0.15) is 6.04 Å². The summed E-state index contributed by atoms with van der Waals surface area (Å²) in [6, 6.07) is 15.7. The van der Waals surface area contributed by atoms with Crippen LogP contribution in [0.5, 0.6) is 0 Å². The van der Waals surface area contributed by atoms with Crippen LogP contribution in [0.2, 0.25) is 0 Å². The summed E-state index contributed by atoms with van der Waals surface area (Å²) in [5.74, 6) is -0.296. The van der Waals surface area contributed by atoms with Gasteiger partial charge in [-0.1, -0.05) is 55.3 Å². The van der Waals surface area contributed by atoms with Crippen LogP contribution < -0.4 is 5.32 Å². The van der Waals surface area contributed by atoms with E-state index in [9.17, 15) is 18.0 Å². The van der Waals surface area contributed by atoms with E-state index in [2.05, 4.69) is 5.32 Å². The largest absolute Gasteiger partial charge is 0.352 e. The van der Waals surface area contributed by atoms with Crippen molar-refractivity contribution in [3.8, 4) is 0 Å². The van der Waals surface area contributed by atoms with E-state index in [1.54, 1.807) is 42.2 Å². The molecule has 2 aromatic carbocycles. The van der Waals surface area contributed by atoms with Gasteiger partial charge in [0.15, 0.2) is 0 Å². The first-order valence-electron chi connectivity index (χ1n) is 12.4. The zero-order valence-electron chi connectivity index (χ0n) is 20.9. The fraction of sp³-hybridized carbons (Fsp3) is 0.481. The summed E-state index contributed by atoms with van der Waals surface area (Å²) >= 11 is 0. The highest BCUT2D eigenvalue weighted by Gasteiger charge is 2.29. The predicted octanol–water partition coefficient (Wildman–Crippen LogP) is 3.87. The van der Waals surface area contributed by atoms with Crippen molar-refractivity contribution in [3.05, 3.63) is 65.7 Å². The van der Waals surface area contributed by atoms with Crippen LogP contribution >= 0.6 is 0 Å². The van der Waals surface area contributed by atoms with E-state index >= 15 is 0 Å². The molecule has 1 unspecified atom stereocenters. The quantitative estimate of drug-likeness (QED) is 0.508. The maximum atomic E-state index is 13.3. The van der Waals surface area contributed by atoms with E-state index < -0.39 is 16.1 Å². The number of rotatable bonds is 11. The van der Waals surface area contributed by atoms with Gasteiger partial charge in [0.2, 0.25) is 21.8 Å². The summed E-state index contributed by atoms with van der Waals surface area (Å²) in [5, 5.41) is 3.11. The third-order valence-corrected chi connectivity index (χ3v) is 8.66. The van der Waals surface area contributed by atoms with Crippen LogP contribution in [-0.2, 0) is 26.2 Å². The van der Waals surface area contributed by atoms with Gasteiger partial charge in [0.25, 0.3) is 0 Å². The Hall–Kier alpha value is -2.71. The maximum Gasteiger partial charge on any atom is 0.242 e. The second-order valence-corrected chi connectivity index (χ2v) is 11.4. The third-order valence-electron chi connectivity index (χ3n) is 6.79. The SMILES string of the molecule is Cc1ccccc1CN(C(=O)CCCN(C)S(=O)(=O)c1ccccc1)C(C)C(=O)NC1CCCC1. The van der Waals surface area contributed by atoms with E-state index in [4.69, 9.17) is 0 Å². The molecule has 3 rings (SSSR count). The number of nitrogens with one attached hydrogen (secondary N) is 1. The molecular weight excluding hydrogens is 462 g/mol. The number of benzene rings is 2. The molecule has 2 aromatic rings. The lowest BCUT2D eigenvalue weighted by molar-refractivity contribution is -0.141. The highest BCUT2D eigenvalue weighted by atomic mass is 32.2. The highest BCUT2D eigenvalue weighted by molar-refractivity contribution is 7.89. The molecule has 0 bridgehead atoms. The molecule has 35 heavy (non-hydrogen) atoms. The van der Waals surface area contributed by atoms with Crippen molar-refractivity contribution in [2.24, 2.45) is 0 Å². The van der Waals surface area contributed by atoms with Crippen molar-refractivity contribution < 1.29 is 18.0 Å². The monoisotopic (exact) mass is 499 g/mol. The highest BCUT2D eigenvalue weighted by Crippen LogP contribution is 2.20. The Labute approximate surface area is 209 Å². The minimum absolute atomic E-state index is 0.136. The van der Waals surface area contributed by atoms with Crippen molar-refractivity contribution in [1.29, 1.82) is 0 Å². The lowest BCUT2D eigenvalue weighted by Gasteiger charge is -2.30. The normalized spacial score (nSPS) is 15.2. The Morgan fingerprint density at radius 2 is 1.66 bits per heavy atom. The Bertz CT molecular complexity index is 1100. The zero-order chi connectivity index (χ0) is 25.4. The van der Waals surface area contributed by atoms with E-state index in [-0.39, 0.29) is 35.7 Å². The summed E-state index contributed by atoms with van der Waals surface area (Å²) in [5.41, 5.74) is 2.05. The summed E-state index contributed by atoms with van der Waals surface area (Å²) < 4.78 is 26.8. The maximum absolute atomic E-state index is 13.3. The first-order chi connectivity index (χ1) is 16.7. The molecule has 1 fully saturated rings. The van der Waals surface area contributed by atoms with Crippen LogP contribution in [0.4, 0.5) is 0 Å². The van der Waals surface area contributed by atoms with Crippen LogP contribution in [0.3, 0.4) is 0 Å². The Morgan fingerprint density at radius 1 is 1.03 bits per heavy atom. The van der Waals surface area contributed by atoms with Crippen LogP contribution in [0, 0.1) is 6.92 Å². The summed E-state index contributed by atoms with van der Waals surface area (Å²) in [4.78, 5) is 28.2. The smallest absolute Gasteiger partial charge is 0.242 e. The van der Waals surface area contributed by atoms with Gasteiger partial charge in [0, 0.05) is 32.6 Å². The molecular formula is C27H37N3O4S. The second-order valence-electron chi connectivity index (χ2n) is 9.36. The van der Waals surface area contributed by atoms with Crippen LogP contribution in [0.1, 0.15) is 56.6 Å². The van der Waals surface area contributed by atoms with Gasteiger partial charge in [-0.3, -0.25) is 9.59 Å². The van der Waals surface area contributed by atoms with Gasteiger partial charge in [-0.2, -0.15) is 0 Å². The van der Waals surface area contributed by atoms with Gasteiger partial charge < -0.3 is 10.2 Å². The minimum atomic E-state index is -3.61. The van der Waals surface area contributed by atoms with Crippen molar-refractivity contribution in [1.82, 2.24) is 14.5 Å². The average molecular weight is 500 g/mol. The molecule has 0 aromatic heterocycles. The van der Waals surface area contributed by atoms with E-state index in [0.717, 1.165) is 36.8 Å². The van der Waals surface area contributed by atoms with Gasteiger partial charge in [-0.05, 0) is 56.4 Å². The van der Waals surface area contributed by atoms with Crippen molar-refractivity contribution in [3.63, 3.8) is 0 Å². The van der Waals surface area contributed by atoms with Gasteiger partial charge in [0.05, 0.1) is 4.90 Å². The second kappa shape index (κ2) is 12.3. The zero-order valence-corrected chi connectivity index (χ0v) is 21.8. The molecule has 8 heteroatoms. The number of nitrogens with zero attached hydrogens (tertiary/aromatic N) is 2. The molecule has 1 saturated carbocycles. The molecule has 190 valence electrons. The summed E-state index contributed by atoms with van der Waals surface area (Å²) in [7, 11) is -2.09. The molecule has 0 saturated heterocycles. The summed E-state index contributed by atoms with van der Waals surface area (Å²) in [6.45, 7) is 4.31. The standard InChI is InChI=1S/C27H37N3O4S/c1-21-12-7-8-13-23(21)20-30(22(2)27(32)28-24-14-9-10-15-24)26(31)18-11-19-29(3)35(33,34)25-16-5-4-6-17-25/h4-8,12-13,16-17,22,24H,9-11,14-15,18-20H2,1-3H3,(H,28,32). The number of aryl methyl sites for hydroxylation is 1. The van der Waals surface area contributed by atoms with Crippen LogP contribution in [-0.4, -0.2) is 55.1 Å². The Morgan fingerprint density at radius 3 is 2.31 bits per heavy atom. The topological polar surface area (TPSA) is 86.8 Å². The number of carbonyl (C=O) groups is 2. The molecule has 1 aliphatic carbocycles. The van der Waals surface area contributed by atoms with Crippen molar-refractivity contribution in [2.45, 2.75) is 75.9 Å². The molecule has 1 atom stereocenters. The number of amides is 2. The molecule has 1 N–H and O–H groups in total. The molecule has 0 aliphatic heterocycles. The number of carbonyl (C=O) groups excluding carboxylic acids is 2. The van der Waals surface area contributed by atoms with Crippen molar-refractivity contribution in [2.75, 3.05) is 13.6 Å². The molecule has 7 nitrogen and oxygen atoms in total. The molecule has 0 spiro atoms. The summed E-state index contributed by atoms with van der Waals surface area (Å²) in [6.07, 6.45) is 4.71. The van der Waals surface area contributed by atoms with Crippen LogP contribution in [0.25, 0.3) is 0 Å². The molecule has 2 amide bonds. The number of sulfonamides is 1. The van der Waals surface area contributed by atoms with Gasteiger partial charge >= 0.3 is 0 Å². The van der Waals surface area contributed by atoms with E-state index in [1.807, 2.05) is 31.2 Å². The molecule has 0 radical (unpaired) electrons. The first kappa shape index (κ1) is 26.9. The van der Waals surface area contributed by atoms with Gasteiger partial charge in [-0.15, -0.1) is 0 Å². The number of hydrogen-bond acceptors (Lipinski definition) is 4. The first-order valence-corrected chi connectivity index (χ1v) is 13.8. The van der Waals surface area contributed by atoms with Gasteiger partial charge in [-0.25, -0.2) is 12.7 Å². The minimum Gasteiger partial charge on any atom is -0.352 e. The Balaban J connectivity index is 1.66. The Kier molecular flexibility index (Phi) is 9.46. The predicted molar refractivity (Wildman–Crippen MR) is 137 cm³/mol. The number of hydrogen-bond donors (Lipinski definition) is 1. The molecule has 1 aliphatic rings. The van der Waals surface area contributed by atoms with E-state index in [0.29, 0.717) is 13.0 Å². The lowest BCUT2D eigenvalue weighted by Crippen LogP contribution is -2.49. The van der Waals surface area contributed by atoms with Crippen LogP contribution in [0.15, 0.2) is 59.5 Å². The van der Waals surface area contributed by atoms with E-state index in [1.165, 1.54) is 11.4 Å². The van der Waals surface area contributed by atoms with Crippen molar-refractivity contribution >= 4 is 21.8 Å². The average Bonchev–Trinajstić information content (AvgIpc) is 3.36.